The minimum absolute atomic E-state index is 0.291. The lowest BCUT2D eigenvalue weighted by Gasteiger charge is -2.07. The summed E-state index contributed by atoms with van der Waals surface area (Å²) >= 11 is 11.0. The number of benzene rings is 1. The van der Waals surface area contributed by atoms with Gasteiger partial charge in [-0.1, -0.05) is 29.0 Å². The van der Waals surface area contributed by atoms with Crippen LogP contribution in [-0.4, -0.2) is 21.7 Å². The zero-order valence-electron chi connectivity index (χ0n) is 10.3. The minimum Gasteiger partial charge on any atom is -0.389 e. The Hall–Kier alpha value is -1.66. The fourth-order valence-corrected chi connectivity index (χ4v) is 2.10. The molecule has 2 rings (SSSR count). The van der Waals surface area contributed by atoms with E-state index in [0.29, 0.717) is 40.3 Å². The van der Waals surface area contributed by atoms with Crippen LogP contribution in [0.3, 0.4) is 0 Å². The van der Waals surface area contributed by atoms with E-state index in [1.165, 1.54) is 0 Å². The maximum absolute atomic E-state index is 6.08. The molecule has 0 bridgehead atoms. The summed E-state index contributed by atoms with van der Waals surface area (Å²) in [4.78, 5) is 4.41. The average molecular weight is 297 g/mol. The Morgan fingerprint density at radius 2 is 2.32 bits per heavy atom. The lowest BCUT2D eigenvalue weighted by Crippen LogP contribution is -2.11. The summed E-state index contributed by atoms with van der Waals surface area (Å²) in [6.07, 6.45) is 0.673. The van der Waals surface area contributed by atoms with Gasteiger partial charge in [-0.2, -0.15) is 4.98 Å². The van der Waals surface area contributed by atoms with E-state index in [1.54, 1.807) is 19.1 Å². The molecule has 1 aromatic heterocycles. The highest BCUT2D eigenvalue weighted by Crippen LogP contribution is 2.20. The first-order valence-electron chi connectivity index (χ1n) is 5.68. The van der Waals surface area contributed by atoms with Crippen LogP contribution >= 0.6 is 23.8 Å². The van der Waals surface area contributed by atoms with Crippen LogP contribution in [0.2, 0.25) is 5.02 Å². The lowest BCUT2D eigenvalue weighted by molar-refractivity contribution is 0.387. The molecular weight excluding hydrogens is 284 g/mol. The molecule has 1 aromatic carbocycles. The van der Waals surface area contributed by atoms with Crippen molar-refractivity contribution in [1.82, 2.24) is 10.1 Å². The molecule has 3 N–H and O–H groups in total. The smallest absolute Gasteiger partial charge is 0.223 e. The number of aromatic nitrogens is 2. The van der Waals surface area contributed by atoms with Crippen molar-refractivity contribution in [2.75, 3.05) is 11.9 Å². The van der Waals surface area contributed by atoms with Gasteiger partial charge in [0.1, 0.15) is 4.99 Å². The Morgan fingerprint density at radius 3 is 2.89 bits per heavy atom. The number of rotatable bonds is 5. The highest BCUT2D eigenvalue weighted by Gasteiger charge is 2.05. The van der Waals surface area contributed by atoms with Gasteiger partial charge in [-0.3, -0.25) is 0 Å². The van der Waals surface area contributed by atoms with E-state index in [9.17, 15) is 0 Å². The molecule has 5 nitrogen and oxygen atoms in total. The number of aryl methyl sites for hydroxylation is 1. The van der Waals surface area contributed by atoms with E-state index < -0.39 is 0 Å². The van der Waals surface area contributed by atoms with Gasteiger partial charge in [0.15, 0.2) is 5.82 Å². The summed E-state index contributed by atoms with van der Waals surface area (Å²) in [5.74, 6) is 1.25. The third kappa shape index (κ3) is 3.65. The molecule has 0 aliphatic heterocycles. The average Bonchev–Trinajstić information content (AvgIpc) is 2.75. The van der Waals surface area contributed by atoms with Crippen molar-refractivity contribution >= 4 is 34.5 Å². The summed E-state index contributed by atoms with van der Waals surface area (Å²) in [6.45, 7) is 2.44. The van der Waals surface area contributed by atoms with Gasteiger partial charge in [0.2, 0.25) is 5.89 Å². The number of hydrogen-bond donors (Lipinski definition) is 2. The maximum Gasteiger partial charge on any atom is 0.223 e. The standard InChI is InChI=1S/C12H13ClN4OS/c1-7-16-11(17-18-7)4-5-15-8-2-3-9(12(14)19)10(13)6-8/h2-3,6,15H,4-5H2,1H3,(H2,14,19). The molecule has 0 saturated carbocycles. The second-order valence-electron chi connectivity index (χ2n) is 3.97. The SMILES string of the molecule is Cc1nc(CCNc2ccc(C(N)=S)c(Cl)c2)no1. The van der Waals surface area contributed by atoms with Crippen molar-refractivity contribution in [2.24, 2.45) is 5.73 Å². The quantitative estimate of drug-likeness (QED) is 0.825. The van der Waals surface area contributed by atoms with Gasteiger partial charge in [0, 0.05) is 31.1 Å². The van der Waals surface area contributed by atoms with Gasteiger partial charge in [-0.05, 0) is 18.2 Å². The number of hydrogen-bond acceptors (Lipinski definition) is 5. The fourth-order valence-electron chi connectivity index (χ4n) is 1.59. The van der Waals surface area contributed by atoms with Crippen LogP contribution in [0.1, 0.15) is 17.3 Å². The van der Waals surface area contributed by atoms with Gasteiger partial charge in [-0.15, -0.1) is 0 Å². The van der Waals surface area contributed by atoms with Crippen molar-refractivity contribution in [3.63, 3.8) is 0 Å². The van der Waals surface area contributed by atoms with Crippen LogP contribution in [0, 0.1) is 6.92 Å². The van der Waals surface area contributed by atoms with Crippen molar-refractivity contribution in [3.8, 4) is 0 Å². The number of nitrogens with one attached hydrogen (secondary N) is 1. The molecule has 0 saturated heterocycles. The Balaban J connectivity index is 1.93. The van der Waals surface area contributed by atoms with E-state index in [2.05, 4.69) is 15.5 Å². The van der Waals surface area contributed by atoms with Gasteiger partial charge >= 0.3 is 0 Å². The fraction of sp³-hybridized carbons (Fsp3) is 0.250. The van der Waals surface area contributed by atoms with E-state index in [1.807, 2.05) is 6.07 Å². The van der Waals surface area contributed by atoms with E-state index >= 15 is 0 Å². The zero-order valence-corrected chi connectivity index (χ0v) is 11.9. The molecule has 2 aromatic rings. The summed E-state index contributed by atoms with van der Waals surface area (Å²) in [7, 11) is 0. The Morgan fingerprint density at radius 1 is 1.53 bits per heavy atom. The van der Waals surface area contributed by atoms with Crippen molar-refractivity contribution in [2.45, 2.75) is 13.3 Å². The Bertz CT molecular complexity index is 599. The number of anilines is 1. The van der Waals surface area contributed by atoms with Crippen LogP contribution in [-0.2, 0) is 6.42 Å². The molecule has 0 aliphatic carbocycles. The minimum atomic E-state index is 0.291. The molecule has 0 fully saturated rings. The molecule has 100 valence electrons. The van der Waals surface area contributed by atoms with Gasteiger partial charge < -0.3 is 15.6 Å². The lowest BCUT2D eigenvalue weighted by atomic mass is 10.2. The highest BCUT2D eigenvalue weighted by molar-refractivity contribution is 7.80. The number of halogens is 1. The third-order valence-electron chi connectivity index (χ3n) is 2.48. The predicted octanol–water partition coefficient (Wildman–Crippen LogP) is 2.32. The number of nitrogens with zero attached hydrogens (tertiary/aromatic N) is 2. The second-order valence-corrected chi connectivity index (χ2v) is 4.81. The van der Waals surface area contributed by atoms with Crippen LogP contribution in [0.5, 0.6) is 0 Å². The predicted molar refractivity (Wildman–Crippen MR) is 78.6 cm³/mol. The molecule has 7 heteroatoms. The summed E-state index contributed by atoms with van der Waals surface area (Å²) < 4.78 is 4.89. The molecule has 1 heterocycles. The molecular formula is C12H13ClN4OS. The van der Waals surface area contributed by atoms with E-state index in [4.69, 9.17) is 34.1 Å². The van der Waals surface area contributed by atoms with E-state index in [0.717, 1.165) is 5.69 Å². The molecule has 0 atom stereocenters. The van der Waals surface area contributed by atoms with Crippen molar-refractivity contribution in [3.05, 3.63) is 40.5 Å². The third-order valence-corrected chi connectivity index (χ3v) is 3.01. The van der Waals surface area contributed by atoms with Gasteiger partial charge in [-0.25, -0.2) is 0 Å². The molecule has 0 spiro atoms. The van der Waals surface area contributed by atoms with Crippen LogP contribution < -0.4 is 11.1 Å². The summed E-state index contributed by atoms with van der Waals surface area (Å²) in [6, 6.07) is 5.46. The van der Waals surface area contributed by atoms with Gasteiger partial charge in [0.05, 0.1) is 5.02 Å². The van der Waals surface area contributed by atoms with Crippen molar-refractivity contribution in [1.29, 1.82) is 0 Å². The topological polar surface area (TPSA) is 77.0 Å². The Kier molecular flexibility index (Phi) is 4.34. The molecule has 0 unspecified atom stereocenters. The molecule has 19 heavy (non-hydrogen) atoms. The van der Waals surface area contributed by atoms with Crippen LogP contribution in [0.4, 0.5) is 5.69 Å². The van der Waals surface area contributed by atoms with Crippen LogP contribution in [0.15, 0.2) is 22.7 Å². The molecule has 0 amide bonds. The zero-order chi connectivity index (χ0) is 13.8. The summed E-state index contributed by atoms with van der Waals surface area (Å²) in [5.41, 5.74) is 7.11. The number of nitrogens with two attached hydrogens (primary N) is 1. The molecule has 0 aliphatic rings. The monoisotopic (exact) mass is 296 g/mol. The normalized spacial score (nSPS) is 10.4. The second kappa shape index (κ2) is 5.99. The first kappa shape index (κ1) is 13.8. The van der Waals surface area contributed by atoms with Gasteiger partial charge in [0.25, 0.3) is 0 Å². The largest absolute Gasteiger partial charge is 0.389 e. The Labute approximate surface area is 121 Å². The van der Waals surface area contributed by atoms with Crippen LogP contribution in [0.25, 0.3) is 0 Å². The number of thiocarbonyl (C=S) groups is 1. The summed E-state index contributed by atoms with van der Waals surface area (Å²) in [5, 5.41) is 7.57. The van der Waals surface area contributed by atoms with Crippen molar-refractivity contribution < 1.29 is 4.52 Å². The maximum atomic E-state index is 6.08. The highest BCUT2D eigenvalue weighted by atomic mass is 35.5. The first-order valence-corrected chi connectivity index (χ1v) is 6.47. The molecule has 0 radical (unpaired) electrons. The van der Waals surface area contributed by atoms with E-state index in [-0.39, 0.29) is 0 Å². The first-order chi connectivity index (χ1) is 9.06.